The van der Waals surface area contributed by atoms with Crippen LogP contribution in [0.25, 0.3) is 6.08 Å². The number of hydrogen-bond acceptors (Lipinski definition) is 7. The van der Waals surface area contributed by atoms with Crippen molar-refractivity contribution in [2.75, 3.05) is 20.3 Å². The van der Waals surface area contributed by atoms with Gasteiger partial charge in [-0.05, 0) is 91.3 Å². The van der Waals surface area contributed by atoms with E-state index in [2.05, 4.69) is 0 Å². The maximum atomic E-state index is 13.6. The number of nitrogens with zero attached hydrogens (tertiary/aromatic N) is 2. The molecule has 0 spiro atoms. The quantitative estimate of drug-likeness (QED) is 0.320. The largest absolute Gasteiger partial charge is 0.497 e. The van der Waals surface area contributed by atoms with E-state index in [0.717, 1.165) is 11.1 Å². The molecule has 1 heterocycles. The fourth-order valence-electron chi connectivity index (χ4n) is 3.74. The van der Waals surface area contributed by atoms with E-state index in [1.54, 1.807) is 24.1 Å². The minimum Gasteiger partial charge on any atom is -0.497 e. The highest BCUT2D eigenvalue weighted by molar-refractivity contribution is 8.18. The number of aromatic carboxylic acids is 1. The molecule has 3 aromatic carbocycles. The van der Waals surface area contributed by atoms with Gasteiger partial charge in [0.15, 0.2) is 16.7 Å². The van der Waals surface area contributed by atoms with E-state index in [1.807, 2.05) is 62.4 Å². The van der Waals surface area contributed by atoms with Crippen molar-refractivity contribution in [3.63, 3.8) is 0 Å². The minimum atomic E-state index is -1.00. The van der Waals surface area contributed by atoms with Crippen molar-refractivity contribution in [2.45, 2.75) is 20.4 Å². The molecule has 9 heteroatoms. The third-order valence-electron chi connectivity index (χ3n) is 5.59. The molecule has 0 aliphatic carbocycles. The highest BCUT2D eigenvalue weighted by atomic mass is 32.2. The van der Waals surface area contributed by atoms with Gasteiger partial charge in [0.05, 0.1) is 43.0 Å². The average Bonchev–Trinajstić information content (AvgIpc) is 3.20. The summed E-state index contributed by atoms with van der Waals surface area (Å²) in [7, 11) is 1.60. The first-order chi connectivity index (χ1) is 18.4. The van der Waals surface area contributed by atoms with Crippen LogP contribution in [0.4, 0.5) is 5.69 Å². The molecule has 0 radical (unpaired) electrons. The smallest absolute Gasteiger partial charge is 0.335 e. The number of aliphatic imine (C=N–C) groups is 1. The number of carboxylic acid groups (broad SMARTS) is 1. The number of methoxy groups -OCH3 is 1. The molecule has 38 heavy (non-hydrogen) atoms. The average molecular weight is 533 g/mol. The number of carboxylic acids is 1. The summed E-state index contributed by atoms with van der Waals surface area (Å²) in [6.45, 7) is 5.06. The molecule has 4 rings (SSSR count). The van der Waals surface area contributed by atoms with Crippen LogP contribution >= 0.6 is 11.8 Å². The standard InChI is InChI=1S/C29H28N2O6S/c1-4-36-24-15-8-20(16-25(24)37-5-2)17-26-27(32)31(18-19-6-9-21(10-7-19)28(33)34)29(38-26)30-22-11-13-23(35-3)14-12-22/h6-17H,4-5,18H2,1-3H3,(H,33,34)/b26-17-,30-29?. The minimum absolute atomic E-state index is 0.184. The van der Waals surface area contributed by atoms with E-state index >= 15 is 0 Å². The topological polar surface area (TPSA) is 97.7 Å². The molecule has 3 aromatic rings. The predicted molar refractivity (Wildman–Crippen MR) is 148 cm³/mol. The van der Waals surface area contributed by atoms with E-state index in [-0.39, 0.29) is 18.0 Å². The summed E-state index contributed by atoms with van der Waals surface area (Å²) >= 11 is 1.28. The molecule has 0 atom stereocenters. The third kappa shape index (κ3) is 6.36. The van der Waals surface area contributed by atoms with Gasteiger partial charge in [0.1, 0.15) is 5.75 Å². The summed E-state index contributed by atoms with van der Waals surface area (Å²) in [5, 5.41) is 9.72. The van der Waals surface area contributed by atoms with Crippen LogP contribution in [0.2, 0.25) is 0 Å². The fourth-order valence-corrected chi connectivity index (χ4v) is 4.74. The number of amides is 1. The first-order valence-electron chi connectivity index (χ1n) is 12.1. The summed E-state index contributed by atoms with van der Waals surface area (Å²) in [6, 6.07) is 19.3. The van der Waals surface area contributed by atoms with E-state index in [0.29, 0.717) is 46.2 Å². The van der Waals surface area contributed by atoms with Crippen LogP contribution in [0, 0.1) is 0 Å². The van der Waals surface area contributed by atoms with Gasteiger partial charge in [-0.2, -0.15) is 0 Å². The first kappa shape index (κ1) is 26.8. The van der Waals surface area contributed by atoms with Gasteiger partial charge in [0.25, 0.3) is 5.91 Å². The molecule has 1 aliphatic heterocycles. The normalized spacial score (nSPS) is 15.2. The summed E-state index contributed by atoms with van der Waals surface area (Å²) in [5.74, 6) is 0.770. The first-order valence-corrected chi connectivity index (χ1v) is 12.9. The summed E-state index contributed by atoms with van der Waals surface area (Å²) < 4.78 is 16.6. The number of amidine groups is 1. The number of benzene rings is 3. The van der Waals surface area contributed by atoms with Crippen molar-refractivity contribution < 1.29 is 28.9 Å². The van der Waals surface area contributed by atoms with Gasteiger partial charge < -0.3 is 19.3 Å². The monoisotopic (exact) mass is 532 g/mol. The Morgan fingerprint density at radius 2 is 1.66 bits per heavy atom. The molecular formula is C29H28N2O6S. The van der Waals surface area contributed by atoms with Crippen molar-refractivity contribution >= 4 is 40.6 Å². The lowest BCUT2D eigenvalue weighted by molar-refractivity contribution is -0.122. The van der Waals surface area contributed by atoms with Gasteiger partial charge >= 0.3 is 5.97 Å². The van der Waals surface area contributed by atoms with E-state index in [4.69, 9.17) is 19.2 Å². The Labute approximate surface area is 225 Å². The second kappa shape index (κ2) is 12.3. The molecule has 1 amide bonds. The van der Waals surface area contributed by atoms with Gasteiger partial charge in [0.2, 0.25) is 0 Å². The van der Waals surface area contributed by atoms with E-state index < -0.39 is 5.97 Å². The Hall–Kier alpha value is -4.24. The van der Waals surface area contributed by atoms with Gasteiger partial charge in [-0.25, -0.2) is 9.79 Å². The molecule has 8 nitrogen and oxygen atoms in total. The molecule has 1 aliphatic rings. The van der Waals surface area contributed by atoms with Crippen LogP contribution in [0.1, 0.15) is 35.3 Å². The Balaban J connectivity index is 1.68. The molecule has 196 valence electrons. The summed E-state index contributed by atoms with van der Waals surface area (Å²) in [5.41, 5.74) is 2.44. The summed E-state index contributed by atoms with van der Waals surface area (Å²) in [4.78, 5) is 31.6. The van der Waals surface area contributed by atoms with Crippen molar-refractivity contribution in [1.29, 1.82) is 0 Å². The molecular weight excluding hydrogens is 504 g/mol. The molecule has 1 saturated heterocycles. The second-order valence-electron chi connectivity index (χ2n) is 8.17. The lowest BCUT2D eigenvalue weighted by Gasteiger charge is -2.16. The van der Waals surface area contributed by atoms with Crippen molar-refractivity contribution in [3.05, 3.63) is 88.3 Å². The van der Waals surface area contributed by atoms with Crippen molar-refractivity contribution in [3.8, 4) is 17.2 Å². The van der Waals surface area contributed by atoms with Crippen LogP contribution in [-0.2, 0) is 11.3 Å². The lowest BCUT2D eigenvalue weighted by atomic mass is 10.1. The highest BCUT2D eigenvalue weighted by Crippen LogP contribution is 2.37. The molecule has 1 fully saturated rings. The molecule has 0 unspecified atom stereocenters. The molecule has 0 aromatic heterocycles. The zero-order chi connectivity index (χ0) is 27.1. The number of ether oxygens (including phenoxy) is 3. The van der Waals surface area contributed by atoms with Gasteiger partial charge in [-0.3, -0.25) is 9.69 Å². The van der Waals surface area contributed by atoms with Crippen molar-refractivity contribution in [1.82, 2.24) is 4.90 Å². The third-order valence-corrected chi connectivity index (χ3v) is 6.60. The Bertz CT molecular complexity index is 1370. The number of hydrogen-bond donors (Lipinski definition) is 1. The second-order valence-corrected chi connectivity index (χ2v) is 9.18. The Morgan fingerprint density at radius 3 is 2.29 bits per heavy atom. The predicted octanol–water partition coefficient (Wildman–Crippen LogP) is 6.00. The molecule has 1 N–H and O–H groups in total. The van der Waals surface area contributed by atoms with Gasteiger partial charge in [-0.1, -0.05) is 18.2 Å². The van der Waals surface area contributed by atoms with E-state index in [9.17, 15) is 14.7 Å². The Morgan fingerprint density at radius 1 is 0.974 bits per heavy atom. The maximum Gasteiger partial charge on any atom is 0.335 e. The lowest BCUT2D eigenvalue weighted by Crippen LogP contribution is -2.28. The molecule has 0 bridgehead atoms. The molecule has 0 saturated carbocycles. The number of carbonyl (C=O) groups excluding carboxylic acids is 1. The van der Waals surface area contributed by atoms with E-state index in [1.165, 1.54) is 23.9 Å². The fraction of sp³-hybridized carbons (Fsp3) is 0.207. The number of thioether (sulfide) groups is 1. The van der Waals surface area contributed by atoms with Crippen molar-refractivity contribution in [2.24, 2.45) is 4.99 Å². The van der Waals surface area contributed by atoms with Crippen LogP contribution in [0.3, 0.4) is 0 Å². The number of rotatable bonds is 10. The van der Waals surface area contributed by atoms with Crippen LogP contribution in [0.5, 0.6) is 17.2 Å². The van der Waals surface area contributed by atoms with Crippen LogP contribution in [0.15, 0.2) is 76.6 Å². The van der Waals surface area contributed by atoms with Crippen LogP contribution < -0.4 is 14.2 Å². The van der Waals surface area contributed by atoms with Gasteiger partial charge in [-0.15, -0.1) is 0 Å². The number of carbonyl (C=O) groups is 2. The van der Waals surface area contributed by atoms with Gasteiger partial charge in [0, 0.05) is 0 Å². The maximum absolute atomic E-state index is 13.6. The van der Waals surface area contributed by atoms with Crippen LogP contribution in [-0.4, -0.2) is 47.4 Å². The Kier molecular flexibility index (Phi) is 8.70. The highest BCUT2D eigenvalue weighted by Gasteiger charge is 2.33. The SMILES string of the molecule is CCOc1ccc(/C=C2\SC(=Nc3ccc(OC)cc3)N(Cc3ccc(C(=O)O)cc3)C2=O)cc1OCC. The zero-order valence-corrected chi connectivity index (χ0v) is 22.2. The zero-order valence-electron chi connectivity index (χ0n) is 21.3. The summed E-state index contributed by atoms with van der Waals surface area (Å²) in [6.07, 6.45) is 1.81.